The van der Waals surface area contributed by atoms with Crippen molar-refractivity contribution >= 4 is 29.3 Å². The van der Waals surface area contributed by atoms with Gasteiger partial charge in [0.25, 0.3) is 0 Å². The molecule has 0 radical (unpaired) electrons. The Morgan fingerprint density at radius 3 is 2.49 bits per heavy atom. The van der Waals surface area contributed by atoms with Crippen LogP contribution < -0.4 is 15.5 Å². The Balaban J connectivity index is 1.03. The number of nitrogens with zero attached hydrogens (tertiary/aromatic N) is 6. The summed E-state index contributed by atoms with van der Waals surface area (Å²) in [6.45, 7) is 15.4. The van der Waals surface area contributed by atoms with Gasteiger partial charge in [0.2, 0.25) is 11.8 Å². The van der Waals surface area contributed by atoms with E-state index in [1.807, 2.05) is 23.4 Å². The Morgan fingerprint density at radius 1 is 0.932 bits per heavy atom. The predicted octanol–water partition coefficient (Wildman–Crippen LogP) is 7.30. The number of pyridine rings is 1. The van der Waals surface area contributed by atoms with E-state index in [2.05, 4.69) is 70.7 Å². The van der Waals surface area contributed by atoms with E-state index in [0.29, 0.717) is 64.4 Å². The zero-order valence-electron chi connectivity index (χ0n) is 36.3. The molecule has 59 heavy (non-hydrogen) atoms. The number of carbonyl (C=O) groups excluding carboxylic acids is 2. The molecular weight excluding hydrogens is 741 g/mol. The standard InChI is InChI=1S/C47H70N8O4/c1-34(2)11-7-5-6-8-20-48-44(56)13-9-14-45(57)54-25-23-53(24-26-54)42-28-39(29-43(31-42)55-36(4)27-35(3)51-55)40(30-46(58)59)33-52-22-19-37(32-52)15-17-41-18-16-38-12-10-21-49-47(38)50-41/h16,18,27-29,31,34,37,40H,5-15,17,19-26,30,32-33H2,1-4H3,(H,48,56)(H,49,50)(H,58,59)/t37-,40-/m1/s1. The van der Waals surface area contributed by atoms with Gasteiger partial charge in [-0.15, -0.1) is 0 Å². The van der Waals surface area contributed by atoms with Gasteiger partial charge in [-0.05, 0) is 119 Å². The van der Waals surface area contributed by atoms with E-state index in [1.54, 1.807) is 0 Å². The normalized spacial score (nSPS) is 17.5. The molecule has 2 saturated heterocycles. The van der Waals surface area contributed by atoms with Crippen molar-refractivity contribution in [2.24, 2.45) is 11.8 Å². The molecule has 0 unspecified atom stereocenters. The lowest BCUT2D eigenvalue weighted by Gasteiger charge is -2.37. The van der Waals surface area contributed by atoms with Gasteiger partial charge < -0.3 is 30.4 Å². The number of piperazine rings is 1. The van der Waals surface area contributed by atoms with Gasteiger partial charge in [-0.25, -0.2) is 9.67 Å². The summed E-state index contributed by atoms with van der Waals surface area (Å²) in [5.41, 5.74) is 7.36. The van der Waals surface area contributed by atoms with Crippen LogP contribution in [0, 0.1) is 25.7 Å². The number of amides is 2. The fraction of sp³-hybridized carbons (Fsp3) is 0.638. The van der Waals surface area contributed by atoms with Crippen LogP contribution in [0.15, 0.2) is 36.4 Å². The number of benzene rings is 1. The molecule has 0 saturated carbocycles. The predicted molar refractivity (Wildman–Crippen MR) is 236 cm³/mol. The molecule has 0 bridgehead atoms. The third-order valence-corrected chi connectivity index (χ3v) is 12.5. The fourth-order valence-corrected chi connectivity index (χ4v) is 9.15. The number of hydrogen-bond acceptors (Lipinski definition) is 8. The first-order chi connectivity index (χ1) is 28.5. The summed E-state index contributed by atoms with van der Waals surface area (Å²) in [6, 6.07) is 12.9. The Morgan fingerprint density at radius 2 is 1.73 bits per heavy atom. The summed E-state index contributed by atoms with van der Waals surface area (Å²) in [4.78, 5) is 49.6. The number of carboxylic acid groups (broad SMARTS) is 1. The molecule has 3 aromatic rings. The van der Waals surface area contributed by atoms with Crippen LogP contribution in [-0.2, 0) is 27.2 Å². The highest BCUT2D eigenvalue weighted by atomic mass is 16.4. The summed E-state index contributed by atoms with van der Waals surface area (Å²) >= 11 is 0. The van der Waals surface area contributed by atoms with Crippen LogP contribution in [-0.4, -0.2) is 106 Å². The summed E-state index contributed by atoms with van der Waals surface area (Å²) in [7, 11) is 0. The molecule has 3 N–H and O–H groups in total. The molecule has 1 aromatic carbocycles. The van der Waals surface area contributed by atoms with Crippen molar-refractivity contribution in [3.05, 3.63) is 64.6 Å². The molecule has 3 aliphatic rings. The number of aliphatic carboxylic acids is 1. The Labute approximate surface area is 352 Å². The number of hydrogen-bond donors (Lipinski definition) is 3. The van der Waals surface area contributed by atoms with E-state index >= 15 is 0 Å². The second-order valence-corrected chi connectivity index (χ2v) is 17.9. The van der Waals surface area contributed by atoms with Gasteiger partial charge in [0.05, 0.1) is 17.8 Å². The Kier molecular flexibility index (Phi) is 16.2. The molecule has 0 aliphatic carbocycles. The van der Waals surface area contributed by atoms with Gasteiger partial charge in [0.1, 0.15) is 5.82 Å². The number of anilines is 2. The van der Waals surface area contributed by atoms with Gasteiger partial charge in [-0.1, -0.05) is 45.6 Å². The molecule has 2 aromatic heterocycles. The number of nitrogens with one attached hydrogen (secondary N) is 2. The zero-order chi connectivity index (χ0) is 41.7. The first-order valence-corrected chi connectivity index (χ1v) is 22.7. The van der Waals surface area contributed by atoms with Crippen LogP contribution in [0.2, 0.25) is 0 Å². The number of carboxylic acids is 1. The summed E-state index contributed by atoms with van der Waals surface area (Å²) in [5, 5.41) is 21.5. The molecule has 12 heteroatoms. The van der Waals surface area contributed by atoms with E-state index in [-0.39, 0.29) is 24.2 Å². The second kappa shape index (κ2) is 21.7. The number of aromatic nitrogens is 3. The molecule has 322 valence electrons. The highest BCUT2D eigenvalue weighted by molar-refractivity contribution is 5.79. The topological polar surface area (TPSA) is 136 Å². The van der Waals surface area contributed by atoms with Crippen LogP contribution in [0.5, 0.6) is 0 Å². The molecule has 3 aliphatic heterocycles. The minimum absolute atomic E-state index is 0.0325. The first-order valence-electron chi connectivity index (χ1n) is 22.7. The van der Waals surface area contributed by atoms with Crippen LogP contribution in [0.25, 0.3) is 5.69 Å². The molecular formula is C47H70N8O4. The lowest BCUT2D eigenvalue weighted by molar-refractivity contribution is -0.137. The van der Waals surface area contributed by atoms with Gasteiger partial charge in [0, 0.05) is 88.2 Å². The average molecular weight is 811 g/mol. The number of rotatable bonds is 21. The van der Waals surface area contributed by atoms with Gasteiger partial charge in [0.15, 0.2) is 0 Å². The van der Waals surface area contributed by atoms with Crippen molar-refractivity contribution in [2.75, 3.05) is 69.1 Å². The van der Waals surface area contributed by atoms with E-state index in [0.717, 1.165) is 110 Å². The monoisotopic (exact) mass is 811 g/mol. The Hall–Kier alpha value is -4.45. The molecule has 5 heterocycles. The molecule has 2 fully saturated rings. The molecule has 12 nitrogen and oxygen atoms in total. The van der Waals surface area contributed by atoms with Crippen molar-refractivity contribution in [2.45, 2.75) is 124 Å². The molecule has 2 amide bonds. The number of likely N-dealkylation sites (tertiary alicyclic amines) is 1. The van der Waals surface area contributed by atoms with Crippen molar-refractivity contribution < 1.29 is 19.5 Å². The SMILES string of the molecule is Cc1cc(C)n(-c2cc([C@H](CC(=O)O)CN3CC[C@@H](CCc4ccc5c(n4)NCCC5)C3)cc(N3CCN(C(=O)CCCC(=O)NCCCCCCC(C)C)CC3)c2)n1. The highest BCUT2D eigenvalue weighted by Crippen LogP contribution is 2.33. The lowest BCUT2D eigenvalue weighted by atomic mass is 9.93. The van der Waals surface area contributed by atoms with Crippen molar-refractivity contribution in [3.8, 4) is 5.69 Å². The maximum atomic E-state index is 13.2. The Bertz CT molecular complexity index is 1850. The average Bonchev–Trinajstić information content (AvgIpc) is 3.82. The third-order valence-electron chi connectivity index (χ3n) is 12.5. The summed E-state index contributed by atoms with van der Waals surface area (Å²) < 4.78 is 1.96. The quantitative estimate of drug-likeness (QED) is 0.0948. The summed E-state index contributed by atoms with van der Waals surface area (Å²) in [5.74, 6) is 1.50. The van der Waals surface area contributed by atoms with E-state index in [9.17, 15) is 19.5 Å². The summed E-state index contributed by atoms with van der Waals surface area (Å²) in [6.07, 6.45) is 12.6. The fourth-order valence-electron chi connectivity index (χ4n) is 9.15. The highest BCUT2D eigenvalue weighted by Gasteiger charge is 2.29. The van der Waals surface area contributed by atoms with E-state index in [1.165, 1.54) is 24.8 Å². The minimum atomic E-state index is -0.798. The van der Waals surface area contributed by atoms with Crippen LogP contribution in [0.3, 0.4) is 0 Å². The first kappa shape index (κ1) is 44.1. The van der Waals surface area contributed by atoms with Gasteiger partial charge >= 0.3 is 5.97 Å². The van der Waals surface area contributed by atoms with Gasteiger partial charge in [-0.3, -0.25) is 14.4 Å². The largest absolute Gasteiger partial charge is 0.481 e. The molecule has 6 rings (SSSR count). The van der Waals surface area contributed by atoms with Crippen LogP contribution in [0.4, 0.5) is 11.5 Å². The maximum absolute atomic E-state index is 13.2. The van der Waals surface area contributed by atoms with Gasteiger partial charge in [-0.2, -0.15) is 5.10 Å². The number of unbranched alkanes of at least 4 members (excludes halogenated alkanes) is 3. The van der Waals surface area contributed by atoms with E-state index in [4.69, 9.17) is 10.1 Å². The third kappa shape index (κ3) is 13.3. The van der Waals surface area contributed by atoms with Crippen LogP contribution in [0.1, 0.15) is 125 Å². The van der Waals surface area contributed by atoms with Crippen molar-refractivity contribution in [1.82, 2.24) is 29.9 Å². The lowest BCUT2D eigenvalue weighted by Crippen LogP contribution is -2.48. The minimum Gasteiger partial charge on any atom is -0.481 e. The van der Waals surface area contributed by atoms with E-state index < -0.39 is 5.97 Å². The number of aryl methyl sites for hydroxylation is 4. The van der Waals surface area contributed by atoms with Crippen molar-refractivity contribution in [1.29, 1.82) is 0 Å². The molecule has 0 spiro atoms. The second-order valence-electron chi connectivity index (χ2n) is 17.9. The van der Waals surface area contributed by atoms with Crippen LogP contribution >= 0.6 is 0 Å². The maximum Gasteiger partial charge on any atom is 0.304 e. The van der Waals surface area contributed by atoms with Crippen molar-refractivity contribution in [3.63, 3.8) is 0 Å². The number of carbonyl (C=O) groups is 3. The number of fused-ring (bicyclic) bond motifs is 1. The smallest absolute Gasteiger partial charge is 0.304 e. The zero-order valence-corrected chi connectivity index (χ0v) is 36.3. The molecule has 2 atom stereocenters.